The fourth-order valence-corrected chi connectivity index (χ4v) is 8.53. The van der Waals surface area contributed by atoms with Gasteiger partial charge in [0.1, 0.15) is 29.7 Å². The van der Waals surface area contributed by atoms with Crippen LogP contribution in [0.2, 0.25) is 0 Å². The van der Waals surface area contributed by atoms with Crippen LogP contribution in [-0.4, -0.2) is 166 Å². The minimum atomic E-state index is -1.99. The quantitative estimate of drug-likeness (QED) is 0.193. The molecule has 334 valence electrons. The highest BCUT2D eigenvalue weighted by atomic mass is 16.7. The number of carbonyl (C=O) groups excluding carboxylic acids is 2. The van der Waals surface area contributed by atoms with Crippen molar-refractivity contribution in [1.29, 1.82) is 0 Å². The Bertz CT molecular complexity index is 1300. The molecule has 6 N–H and O–H groups in total. The first-order valence-electron chi connectivity index (χ1n) is 20.1. The molecule has 3 fully saturated rings. The van der Waals surface area contributed by atoms with Crippen molar-refractivity contribution in [2.24, 2.45) is 23.7 Å². The Balaban J connectivity index is 0.00000173. The van der Waals surface area contributed by atoms with Crippen molar-refractivity contribution >= 4 is 17.9 Å². The average Bonchev–Trinajstić information content (AvgIpc) is 3.12. The molecule has 3 heterocycles. The Morgan fingerprint density at radius 3 is 1.98 bits per heavy atom. The van der Waals surface area contributed by atoms with Crippen LogP contribution in [0.5, 0.6) is 0 Å². The number of carboxylic acid groups (broad SMARTS) is 1. The Kier molecular flexibility index (Phi) is 18.8. The number of nitrogens with zero attached hydrogens (tertiary/aromatic N) is 1. The molecule has 0 aromatic rings. The van der Waals surface area contributed by atoms with Crippen LogP contribution in [0.15, 0.2) is 0 Å². The van der Waals surface area contributed by atoms with Crippen LogP contribution in [0.4, 0.5) is 4.79 Å². The topological polar surface area (TPSA) is 240 Å². The maximum Gasteiger partial charge on any atom is 0.505 e. The molecule has 17 nitrogen and oxygen atoms in total. The predicted octanol–water partition coefficient (Wildman–Crippen LogP) is 2.49. The molecule has 0 spiro atoms. The van der Waals surface area contributed by atoms with Crippen LogP contribution in [0.3, 0.4) is 0 Å². The van der Waals surface area contributed by atoms with Gasteiger partial charge >= 0.3 is 12.1 Å². The molecule has 18 atom stereocenters. The lowest BCUT2D eigenvalue weighted by atomic mass is 9.74. The number of hydrogen-bond acceptors (Lipinski definition) is 16. The zero-order chi connectivity index (χ0) is 44.0. The molecular weight excluding hydrogens is 750 g/mol. The predicted molar refractivity (Wildman–Crippen MR) is 206 cm³/mol. The molecule has 0 amide bonds. The molecule has 57 heavy (non-hydrogen) atoms. The summed E-state index contributed by atoms with van der Waals surface area (Å²) in [4.78, 5) is 39.1. The third-order valence-electron chi connectivity index (χ3n) is 12.1. The maximum atomic E-state index is 14.1. The van der Waals surface area contributed by atoms with E-state index in [4.69, 9.17) is 33.5 Å². The van der Waals surface area contributed by atoms with Crippen molar-refractivity contribution < 1.29 is 78.2 Å². The third kappa shape index (κ3) is 12.5. The van der Waals surface area contributed by atoms with Gasteiger partial charge in [-0.3, -0.25) is 9.59 Å². The van der Waals surface area contributed by atoms with E-state index in [0.29, 0.717) is 6.42 Å². The highest BCUT2D eigenvalue weighted by Gasteiger charge is 2.53. The standard InChI is InChI=1S/C37H67NO13.C3H6O3/c1-14-25-37(10,45)30(41)20(4)27(39)18(2)16-35(8,44)32(51-34-28(40)24(38(11)12)15-19(3)47-34)21(5)29(22(6)33(43)49-25)50-26-17-36(9,46-13)31(42)23(7)48-26;1-2-6-3(4)5/h18-26,28-32,34,40-42,44-45H,14-17H2,1-13H3;2H2,1H3,(H,4,5)/t18-,19-,20+,21+,22-,23+,24+,25-,26+,28-,29+,30-,31+,32-,34+,35-,36-,37-;/m1./s1. The van der Waals surface area contributed by atoms with Crippen LogP contribution in [0.25, 0.3) is 0 Å². The van der Waals surface area contributed by atoms with E-state index in [1.165, 1.54) is 27.9 Å². The monoisotopic (exact) mass is 823 g/mol. The van der Waals surface area contributed by atoms with E-state index < -0.39 is 114 Å². The second kappa shape index (κ2) is 21.0. The number of aliphatic hydroxyl groups excluding tert-OH is 3. The highest BCUT2D eigenvalue weighted by molar-refractivity contribution is 5.83. The minimum Gasteiger partial charge on any atom is -0.459 e. The van der Waals surface area contributed by atoms with Gasteiger partial charge in [-0.05, 0) is 81.8 Å². The Hall–Kier alpha value is -2.03. The van der Waals surface area contributed by atoms with Crippen molar-refractivity contribution in [1.82, 2.24) is 4.90 Å². The summed E-state index contributed by atoms with van der Waals surface area (Å²) in [6.45, 7) is 18.2. The number of carbonyl (C=O) groups is 3. The Morgan fingerprint density at radius 2 is 1.49 bits per heavy atom. The molecular formula is C40H73NO16. The zero-order valence-electron chi connectivity index (χ0n) is 36.4. The van der Waals surface area contributed by atoms with E-state index in [9.17, 15) is 39.9 Å². The largest absolute Gasteiger partial charge is 0.505 e. The fraction of sp³-hybridized carbons (Fsp3) is 0.925. The number of hydrogen-bond donors (Lipinski definition) is 6. The summed E-state index contributed by atoms with van der Waals surface area (Å²) in [5, 5.41) is 65.3. The van der Waals surface area contributed by atoms with Crippen molar-refractivity contribution in [3.8, 4) is 0 Å². The third-order valence-corrected chi connectivity index (χ3v) is 12.1. The normalized spacial score (nSPS) is 45.3. The van der Waals surface area contributed by atoms with Crippen LogP contribution in [-0.2, 0) is 42.7 Å². The van der Waals surface area contributed by atoms with Gasteiger partial charge in [-0.15, -0.1) is 0 Å². The van der Waals surface area contributed by atoms with Gasteiger partial charge in [0.05, 0.1) is 54.2 Å². The number of esters is 1. The highest BCUT2D eigenvalue weighted by Crippen LogP contribution is 2.40. The molecule has 3 rings (SSSR count). The molecule has 0 radical (unpaired) electrons. The molecule has 3 aliphatic heterocycles. The van der Waals surface area contributed by atoms with Crippen molar-refractivity contribution in [3.05, 3.63) is 0 Å². The van der Waals surface area contributed by atoms with Crippen LogP contribution >= 0.6 is 0 Å². The van der Waals surface area contributed by atoms with Gasteiger partial charge in [0, 0.05) is 37.3 Å². The number of Topliss-reactive ketones (excluding diaryl/α,β-unsaturated/α-hetero) is 1. The van der Waals surface area contributed by atoms with E-state index in [0.717, 1.165) is 0 Å². The summed E-state index contributed by atoms with van der Waals surface area (Å²) in [7, 11) is 5.18. The van der Waals surface area contributed by atoms with Gasteiger partial charge in [-0.2, -0.15) is 0 Å². The zero-order valence-corrected chi connectivity index (χ0v) is 36.4. The van der Waals surface area contributed by atoms with E-state index in [-0.39, 0.29) is 38.0 Å². The number of ether oxygens (including phenoxy) is 7. The second-order valence-electron chi connectivity index (χ2n) is 17.2. The first kappa shape index (κ1) is 51.1. The molecule has 3 aliphatic rings. The lowest BCUT2D eigenvalue weighted by Crippen LogP contribution is -2.61. The van der Waals surface area contributed by atoms with Gasteiger partial charge < -0.3 is 68.7 Å². The molecule has 0 bridgehead atoms. The molecule has 0 aromatic heterocycles. The number of rotatable bonds is 8. The molecule has 17 heteroatoms. The number of methoxy groups -OCH3 is 1. The number of ketones is 1. The van der Waals surface area contributed by atoms with Crippen molar-refractivity contribution in [2.45, 2.75) is 186 Å². The lowest BCUT2D eigenvalue weighted by molar-refractivity contribution is -0.318. The first-order valence-corrected chi connectivity index (χ1v) is 20.1. The van der Waals surface area contributed by atoms with Crippen molar-refractivity contribution in [3.63, 3.8) is 0 Å². The summed E-state index contributed by atoms with van der Waals surface area (Å²) in [5.74, 6) is -4.98. The van der Waals surface area contributed by atoms with Gasteiger partial charge in [0.25, 0.3) is 0 Å². The van der Waals surface area contributed by atoms with Crippen LogP contribution < -0.4 is 0 Å². The SMILES string of the molecule is CCOC(=O)O.CC[C@H]1OC(=O)[C@H](C)[C@@H](O[C@H]2C[C@@](C)(OC)[C@@H](O)[C@H](C)O2)[C@H](C)[C@@H](O[C@@H]2O[C@H](C)C[C@H](N(C)C)[C@H]2O)[C@](C)(O)C[C@@H](C)C(=O)[C@H](C)[C@@H](O)[C@]1(C)O. The van der Waals surface area contributed by atoms with Gasteiger partial charge in [0.15, 0.2) is 12.6 Å². The lowest BCUT2D eigenvalue weighted by Gasteiger charge is -2.49. The second-order valence-corrected chi connectivity index (χ2v) is 17.2. The molecule has 0 unspecified atom stereocenters. The van der Waals surface area contributed by atoms with Crippen LogP contribution in [0.1, 0.15) is 102 Å². The first-order chi connectivity index (χ1) is 26.2. The number of aliphatic hydroxyl groups is 5. The van der Waals surface area contributed by atoms with Crippen molar-refractivity contribution in [2.75, 3.05) is 27.8 Å². The fourth-order valence-electron chi connectivity index (χ4n) is 8.53. The maximum absolute atomic E-state index is 14.1. The number of cyclic esters (lactones) is 1. The van der Waals surface area contributed by atoms with Gasteiger partial charge in [-0.1, -0.05) is 27.7 Å². The summed E-state index contributed by atoms with van der Waals surface area (Å²) < 4.78 is 41.0. The summed E-state index contributed by atoms with van der Waals surface area (Å²) in [6, 6.07) is -0.324. The molecule has 3 saturated heterocycles. The van der Waals surface area contributed by atoms with E-state index in [1.54, 1.807) is 48.5 Å². The van der Waals surface area contributed by atoms with E-state index >= 15 is 0 Å². The van der Waals surface area contributed by atoms with Gasteiger partial charge in [-0.25, -0.2) is 4.79 Å². The van der Waals surface area contributed by atoms with E-state index in [1.807, 2.05) is 25.9 Å². The Morgan fingerprint density at radius 1 is 0.895 bits per heavy atom. The van der Waals surface area contributed by atoms with E-state index in [2.05, 4.69) is 4.74 Å². The molecule has 0 aliphatic carbocycles. The van der Waals surface area contributed by atoms with Gasteiger partial charge in [0.2, 0.25) is 0 Å². The summed E-state index contributed by atoms with van der Waals surface area (Å²) in [6.07, 6.45) is -10.9. The number of likely N-dealkylation sites (N-methyl/N-ethyl adjacent to an activating group) is 1. The van der Waals surface area contributed by atoms with Crippen LogP contribution in [0, 0.1) is 23.7 Å². The smallest absolute Gasteiger partial charge is 0.459 e. The molecule has 0 aromatic carbocycles. The summed E-state index contributed by atoms with van der Waals surface area (Å²) in [5.41, 5.74) is -4.84. The average molecular weight is 824 g/mol. The summed E-state index contributed by atoms with van der Waals surface area (Å²) >= 11 is 0. The Labute approximate surface area is 338 Å². The minimum absolute atomic E-state index is 0.0936. The molecule has 0 saturated carbocycles.